The largest absolute Gasteiger partial charge is 0.390 e. The summed E-state index contributed by atoms with van der Waals surface area (Å²) in [5, 5.41) is 12.5. The second-order valence-corrected chi connectivity index (χ2v) is 3.95. The Labute approximate surface area is 82.1 Å². The first-order valence-corrected chi connectivity index (χ1v) is 5.11. The number of hydrogen-bond acceptors (Lipinski definition) is 3. The van der Waals surface area contributed by atoms with Crippen molar-refractivity contribution in [2.24, 2.45) is 5.92 Å². The summed E-state index contributed by atoms with van der Waals surface area (Å²) < 4.78 is 0. The maximum absolute atomic E-state index is 9.50. The summed E-state index contributed by atoms with van der Waals surface area (Å²) in [6.07, 6.45) is 0.950. The van der Waals surface area contributed by atoms with Crippen LogP contribution < -0.4 is 5.32 Å². The van der Waals surface area contributed by atoms with E-state index in [1.54, 1.807) is 0 Å². The molecule has 0 rings (SSSR count). The lowest BCUT2D eigenvalue weighted by molar-refractivity contribution is 0.119. The van der Waals surface area contributed by atoms with E-state index in [-0.39, 0.29) is 6.10 Å². The van der Waals surface area contributed by atoms with Crippen LogP contribution in [0.5, 0.6) is 0 Å². The highest BCUT2D eigenvalue weighted by molar-refractivity contribution is 4.64. The molecule has 2 unspecified atom stereocenters. The van der Waals surface area contributed by atoms with Gasteiger partial charge in [0.1, 0.15) is 0 Å². The number of aliphatic hydroxyl groups is 1. The molecule has 0 fully saturated rings. The Morgan fingerprint density at radius 2 is 2.00 bits per heavy atom. The number of nitrogens with one attached hydrogen (secondary N) is 1. The van der Waals surface area contributed by atoms with Gasteiger partial charge in [-0.25, -0.2) is 0 Å². The van der Waals surface area contributed by atoms with E-state index >= 15 is 0 Å². The third-order valence-corrected chi connectivity index (χ3v) is 2.28. The molecule has 3 nitrogen and oxygen atoms in total. The lowest BCUT2D eigenvalue weighted by Gasteiger charge is -2.23. The van der Waals surface area contributed by atoms with E-state index in [9.17, 15) is 5.11 Å². The van der Waals surface area contributed by atoms with E-state index in [1.807, 2.05) is 7.05 Å². The van der Waals surface area contributed by atoms with Crippen LogP contribution >= 0.6 is 0 Å². The zero-order valence-electron chi connectivity index (χ0n) is 9.38. The van der Waals surface area contributed by atoms with Crippen LogP contribution in [-0.4, -0.2) is 49.8 Å². The number of likely N-dealkylation sites (N-methyl/N-ethyl adjacent to an activating group) is 2. The quantitative estimate of drug-likeness (QED) is 0.612. The lowest BCUT2D eigenvalue weighted by Crippen LogP contribution is -2.37. The Bertz CT molecular complexity index is 119. The minimum atomic E-state index is -0.251. The van der Waals surface area contributed by atoms with E-state index in [0.29, 0.717) is 12.5 Å². The standard InChI is InChI=1S/C10H24N2O/c1-5-9(2)7-12(4)8-10(13)6-11-3/h9-11,13H,5-8H2,1-4H3. The Balaban J connectivity index is 3.54. The number of aliphatic hydroxyl groups excluding tert-OH is 1. The van der Waals surface area contributed by atoms with Gasteiger partial charge in [0.25, 0.3) is 0 Å². The van der Waals surface area contributed by atoms with Gasteiger partial charge in [0.2, 0.25) is 0 Å². The molecule has 0 spiro atoms. The molecule has 0 aromatic rings. The number of hydrogen-bond donors (Lipinski definition) is 2. The van der Waals surface area contributed by atoms with Gasteiger partial charge in [0, 0.05) is 19.6 Å². The molecule has 3 heteroatoms. The van der Waals surface area contributed by atoms with Gasteiger partial charge in [-0.3, -0.25) is 0 Å². The molecule has 0 aliphatic rings. The maximum atomic E-state index is 9.50. The third kappa shape index (κ3) is 6.99. The zero-order valence-corrected chi connectivity index (χ0v) is 9.38. The van der Waals surface area contributed by atoms with Gasteiger partial charge in [0.15, 0.2) is 0 Å². The average Bonchev–Trinajstić information content (AvgIpc) is 2.04. The molecule has 2 atom stereocenters. The molecular weight excluding hydrogens is 164 g/mol. The first-order chi connectivity index (χ1) is 6.10. The van der Waals surface area contributed by atoms with E-state index in [1.165, 1.54) is 6.42 Å². The molecule has 0 aromatic carbocycles. The third-order valence-electron chi connectivity index (χ3n) is 2.28. The average molecular weight is 188 g/mol. The van der Waals surface area contributed by atoms with Crippen LogP contribution in [0.25, 0.3) is 0 Å². The second kappa shape index (κ2) is 7.30. The highest BCUT2D eigenvalue weighted by atomic mass is 16.3. The molecule has 0 aliphatic heterocycles. The Morgan fingerprint density at radius 3 is 2.46 bits per heavy atom. The van der Waals surface area contributed by atoms with Gasteiger partial charge in [-0.2, -0.15) is 0 Å². The van der Waals surface area contributed by atoms with Gasteiger partial charge in [-0.1, -0.05) is 20.3 Å². The SMILES string of the molecule is CCC(C)CN(C)CC(O)CNC. The smallest absolute Gasteiger partial charge is 0.0791 e. The van der Waals surface area contributed by atoms with Crippen molar-refractivity contribution in [3.63, 3.8) is 0 Å². The van der Waals surface area contributed by atoms with Gasteiger partial charge < -0.3 is 15.3 Å². The predicted molar refractivity (Wildman–Crippen MR) is 56.9 cm³/mol. The number of rotatable bonds is 7. The molecule has 0 radical (unpaired) electrons. The van der Waals surface area contributed by atoms with Crippen LogP contribution in [0.4, 0.5) is 0 Å². The molecule has 0 bridgehead atoms. The van der Waals surface area contributed by atoms with Crippen molar-refractivity contribution in [3.05, 3.63) is 0 Å². The lowest BCUT2D eigenvalue weighted by atomic mass is 10.1. The van der Waals surface area contributed by atoms with Crippen molar-refractivity contribution in [3.8, 4) is 0 Å². The maximum Gasteiger partial charge on any atom is 0.0791 e. The van der Waals surface area contributed by atoms with Crippen LogP contribution in [0, 0.1) is 5.92 Å². The Hall–Kier alpha value is -0.120. The van der Waals surface area contributed by atoms with Crippen LogP contribution in [0.15, 0.2) is 0 Å². The van der Waals surface area contributed by atoms with Crippen molar-refractivity contribution in [1.29, 1.82) is 0 Å². The number of nitrogens with zero attached hydrogens (tertiary/aromatic N) is 1. The van der Waals surface area contributed by atoms with Gasteiger partial charge in [-0.05, 0) is 20.0 Å². The van der Waals surface area contributed by atoms with Crippen molar-refractivity contribution in [1.82, 2.24) is 10.2 Å². The van der Waals surface area contributed by atoms with Gasteiger partial charge >= 0.3 is 0 Å². The normalized spacial score (nSPS) is 16.2. The van der Waals surface area contributed by atoms with Crippen LogP contribution in [-0.2, 0) is 0 Å². The fourth-order valence-corrected chi connectivity index (χ4v) is 1.40. The molecular formula is C10H24N2O. The van der Waals surface area contributed by atoms with Crippen molar-refractivity contribution >= 4 is 0 Å². The van der Waals surface area contributed by atoms with Crippen molar-refractivity contribution in [2.45, 2.75) is 26.4 Å². The Kier molecular flexibility index (Phi) is 7.23. The fraction of sp³-hybridized carbons (Fsp3) is 1.00. The molecule has 0 saturated heterocycles. The van der Waals surface area contributed by atoms with Crippen molar-refractivity contribution in [2.75, 3.05) is 33.7 Å². The van der Waals surface area contributed by atoms with Gasteiger partial charge in [-0.15, -0.1) is 0 Å². The second-order valence-electron chi connectivity index (χ2n) is 3.95. The summed E-state index contributed by atoms with van der Waals surface area (Å²) in [6.45, 7) is 6.93. The summed E-state index contributed by atoms with van der Waals surface area (Å²) in [5.41, 5.74) is 0. The van der Waals surface area contributed by atoms with Crippen LogP contribution in [0.3, 0.4) is 0 Å². The van der Waals surface area contributed by atoms with E-state index in [2.05, 4.69) is 31.1 Å². The fourth-order valence-electron chi connectivity index (χ4n) is 1.40. The van der Waals surface area contributed by atoms with E-state index in [4.69, 9.17) is 0 Å². The summed E-state index contributed by atoms with van der Waals surface area (Å²) in [6, 6.07) is 0. The summed E-state index contributed by atoms with van der Waals surface area (Å²) in [5.74, 6) is 0.715. The summed E-state index contributed by atoms with van der Waals surface area (Å²) in [4.78, 5) is 2.19. The topological polar surface area (TPSA) is 35.5 Å². The molecule has 0 aliphatic carbocycles. The molecule has 13 heavy (non-hydrogen) atoms. The van der Waals surface area contributed by atoms with Gasteiger partial charge in [0.05, 0.1) is 6.10 Å². The van der Waals surface area contributed by atoms with Crippen LogP contribution in [0.1, 0.15) is 20.3 Å². The molecule has 0 amide bonds. The highest BCUT2D eigenvalue weighted by Gasteiger charge is 2.09. The first-order valence-electron chi connectivity index (χ1n) is 5.11. The highest BCUT2D eigenvalue weighted by Crippen LogP contribution is 2.02. The Morgan fingerprint density at radius 1 is 1.38 bits per heavy atom. The molecule has 0 heterocycles. The first kappa shape index (κ1) is 12.9. The minimum Gasteiger partial charge on any atom is -0.390 e. The molecule has 2 N–H and O–H groups in total. The van der Waals surface area contributed by atoms with E-state index in [0.717, 1.165) is 13.1 Å². The van der Waals surface area contributed by atoms with Crippen LogP contribution in [0.2, 0.25) is 0 Å². The van der Waals surface area contributed by atoms with Crippen molar-refractivity contribution < 1.29 is 5.11 Å². The summed E-state index contributed by atoms with van der Waals surface area (Å²) >= 11 is 0. The monoisotopic (exact) mass is 188 g/mol. The zero-order chi connectivity index (χ0) is 10.3. The molecule has 0 saturated carbocycles. The molecule has 0 aromatic heterocycles. The summed E-state index contributed by atoms with van der Waals surface area (Å²) in [7, 11) is 3.92. The van der Waals surface area contributed by atoms with E-state index < -0.39 is 0 Å². The molecule has 80 valence electrons. The minimum absolute atomic E-state index is 0.251. The predicted octanol–water partition coefficient (Wildman–Crippen LogP) is 0.545.